The van der Waals surface area contributed by atoms with Gasteiger partial charge in [0, 0.05) is 24.8 Å². The predicted octanol–water partition coefficient (Wildman–Crippen LogP) is 4.71. The van der Waals surface area contributed by atoms with Crippen LogP contribution in [0.3, 0.4) is 0 Å². The van der Waals surface area contributed by atoms with Crippen molar-refractivity contribution in [3.63, 3.8) is 0 Å². The normalized spacial score (nSPS) is 15.3. The lowest BCUT2D eigenvalue weighted by molar-refractivity contribution is 0.0950. The zero-order valence-electron chi connectivity index (χ0n) is 18.5. The Morgan fingerprint density at radius 2 is 1.97 bits per heavy atom. The summed E-state index contributed by atoms with van der Waals surface area (Å²) in [6, 6.07) is 18.7. The number of anilines is 1. The maximum absolute atomic E-state index is 12.9. The van der Waals surface area contributed by atoms with Gasteiger partial charge in [-0.05, 0) is 56.5 Å². The second-order valence-electron chi connectivity index (χ2n) is 8.48. The van der Waals surface area contributed by atoms with Gasteiger partial charge in [0.15, 0.2) is 0 Å². The van der Waals surface area contributed by atoms with Crippen LogP contribution in [0.1, 0.15) is 40.9 Å². The SMILES string of the molecule is Cc1nc2ccccc2n1CCCNC(=O)c1ccoc1CN1c2ccccc2CC1C. The van der Waals surface area contributed by atoms with Crippen molar-refractivity contribution in [3.05, 3.63) is 83.6 Å². The Balaban J connectivity index is 1.20. The molecule has 0 saturated heterocycles. The highest BCUT2D eigenvalue weighted by atomic mass is 16.3. The quantitative estimate of drug-likeness (QED) is 0.433. The van der Waals surface area contributed by atoms with Crippen LogP contribution < -0.4 is 10.2 Å². The van der Waals surface area contributed by atoms with E-state index in [0.717, 1.165) is 36.2 Å². The average molecular weight is 429 g/mol. The van der Waals surface area contributed by atoms with Gasteiger partial charge in [0.1, 0.15) is 11.6 Å². The van der Waals surface area contributed by atoms with Crippen molar-refractivity contribution in [2.45, 2.75) is 45.8 Å². The van der Waals surface area contributed by atoms with Crippen LogP contribution in [0.25, 0.3) is 11.0 Å². The Hall–Kier alpha value is -3.54. The molecule has 2 aromatic carbocycles. The summed E-state index contributed by atoms with van der Waals surface area (Å²) in [6.07, 6.45) is 3.45. The average Bonchev–Trinajstić information content (AvgIpc) is 3.47. The van der Waals surface area contributed by atoms with Gasteiger partial charge in [-0.2, -0.15) is 0 Å². The fraction of sp³-hybridized carbons (Fsp3) is 0.308. The minimum Gasteiger partial charge on any atom is -0.467 e. The molecule has 0 fully saturated rings. The molecule has 1 aliphatic rings. The van der Waals surface area contributed by atoms with Crippen LogP contribution >= 0.6 is 0 Å². The maximum Gasteiger partial charge on any atom is 0.254 e. The first-order valence-corrected chi connectivity index (χ1v) is 11.2. The van der Waals surface area contributed by atoms with E-state index in [1.165, 1.54) is 11.3 Å². The lowest BCUT2D eigenvalue weighted by Crippen LogP contribution is -2.30. The Labute approximate surface area is 187 Å². The first-order chi connectivity index (χ1) is 15.6. The van der Waals surface area contributed by atoms with Crippen LogP contribution in [-0.2, 0) is 19.5 Å². The summed E-state index contributed by atoms with van der Waals surface area (Å²) in [5.41, 5.74) is 5.33. The molecule has 2 aromatic heterocycles. The fourth-order valence-corrected chi connectivity index (χ4v) is 4.70. The summed E-state index contributed by atoms with van der Waals surface area (Å²) in [6.45, 7) is 6.23. The molecule has 4 aromatic rings. The van der Waals surface area contributed by atoms with Crippen LogP contribution in [0.5, 0.6) is 0 Å². The van der Waals surface area contributed by atoms with Crippen LogP contribution in [0.2, 0.25) is 0 Å². The second kappa shape index (κ2) is 8.54. The molecule has 1 unspecified atom stereocenters. The minimum atomic E-state index is -0.0823. The van der Waals surface area contributed by atoms with Crippen molar-refractivity contribution in [2.75, 3.05) is 11.4 Å². The highest BCUT2D eigenvalue weighted by molar-refractivity contribution is 5.95. The van der Waals surface area contributed by atoms with Crippen molar-refractivity contribution in [1.29, 1.82) is 0 Å². The lowest BCUT2D eigenvalue weighted by Gasteiger charge is -2.24. The molecule has 164 valence electrons. The van der Waals surface area contributed by atoms with Crippen molar-refractivity contribution >= 4 is 22.6 Å². The van der Waals surface area contributed by atoms with Crippen LogP contribution in [-0.4, -0.2) is 28.0 Å². The molecule has 3 heterocycles. The molecule has 1 atom stereocenters. The van der Waals surface area contributed by atoms with Gasteiger partial charge in [0.25, 0.3) is 5.91 Å². The monoisotopic (exact) mass is 428 g/mol. The summed E-state index contributed by atoms with van der Waals surface area (Å²) in [5, 5.41) is 3.06. The zero-order chi connectivity index (χ0) is 22.1. The lowest BCUT2D eigenvalue weighted by atomic mass is 10.1. The van der Waals surface area contributed by atoms with Gasteiger partial charge >= 0.3 is 0 Å². The fourth-order valence-electron chi connectivity index (χ4n) is 4.70. The van der Waals surface area contributed by atoms with E-state index in [0.29, 0.717) is 30.5 Å². The number of rotatable bonds is 7. The van der Waals surface area contributed by atoms with E-state index in [2.05, 4.69) is 57.0 Å². The standard InChI is InChI=1S/C26H28N4O2/c1-18-16-20-8-3-5-10-23(20)30(18)17-25-21(12-15-32-25)26(31)27-13-7-14-29-19(2)28-22-9-4-6-11-24(22)29/h3-6,8-12,15,18H,7,13-14,16-17H2,1-2H3,(H,27,31). The summed E-state index contributed by atoms with van der Waals surface area (Å²) < 4.78 is 7.93. The molecule has 32 heavy (non-hydrogen) atoms. The topological polar surface area (TPSA) is 63.3 Å². The van der Waals surface area contributed by atoms with E-state index in [9.17, 15) is 4.79 Å². The van der Waals surface area contributed by atoms with E-state index < -0.39 is 0 Å². The zero-order valence-corrected chi connectivity index (χ0v) is 18.5. The Kier molecular flexibility index (Phi) is 5.43. The molecule has 1 N–H and O–H groups in total. The van der Waals surface area contributed by atoms with Gasteiger partial charge in [-0.15, -0.1) is 0 Å². The van der Waals surface area contributed by atoms with E-state index in [1.807, 2.05) is 25.1 Å². The molecule has 6 nitrogen and oxygen atoms in total. The molecule has 0 spiro atoms. The van der Waals surface area contributed by atoms with E-state index in [1.54, 1.807) is 12.3 Å². The molecular formula is C26H28N4O2. The number of aromatic nitrogens is 2. The minimum absolute atomic E-state index is 0.0823. The number of furan rings is 1. The number of carbonyl (C=O) groups is 1. The molecular weight excluding hydrogens is 400 g/mol. The van der Waals surface area contributed by atoms with Crippen molar-refractivity contribution < 1.29 is 9.21 Å². The first-order valence-electron chi connectivity index (χ1n) is 11.2. The second-order valence-corrected chi connectivity index (χ2v) is 8.48. The van der Waals surface area contributed by atoms with Crippen LogP contribution in [0.15, 0.2) is 65.3 Å². The first kappa shape index (κ1) is 20.4. The Morgan fingerprint density at radius 3 is 2.88 bits per heavy atom. The van der Waals surface area contributed by atoms with Crippen LogP contribution in [0, 0.1) is 6.92 Å². The number of carbonyl (C=O) groups excluding carboxylic acids is 1. The third-order valence-electron chi connectivity index (χ3n) is 6.34. The molecule has 5 rings (SSSR count). The molecule has 0 saturated carbocycles. The number of fused-ring (bicyclic) bond motifs is 2. The van der Waals surface area contributed by atoms with E-state index in [4.69, 9.17) is 4.42 Å². The van der Waals surface area contributed by atoms with E-state index >= 15 is 0 Å². The number of imidazole rings is 1. The Bertz CT molecular complexity index is 1260. The number of benzene rings is 2. The van der Waals surface area contributed by atoms with Gasteiger partial charge < -0.3 is 19.2 Å². The smallest absolute Gasteiger partial charge is 0.254 e. The number of para-hydroxylation sites is 3. The number of nitrogens with one attached hydrogen (secondary N) is 1. The largest absolute Gasteiger partial charge is 0.467 e. The molecule has 6 heteroatoms. The van der Waals surface area contributed by atoms with Gasteiger partial charge in [-0.25, -0.2) is 4.98 Å². The molecule has 1 amide bonds. The predicted molar refractivity (Wildman–Crippen MR) is 126 cm³/mol. The molecule has 0 aliphatic carbocycles. The number of amides is 1. The third kappa shape index (κ3) is 3.77. The highest BCUT2D eigenvalue weighted by Crippen LogP contribution is 2.33. The number of hydrogen-bond acceptors (Lipinski definition) is 4. The van der Waals surface area contributed by atoms with Crippen LogP contribution in [0.4, 0.5) is 5.69 Å². The van der Waals surface area contributed by atoms with Gasteiger partial charge in [-0.1, -0.05) is 30.3 Å². The van der Waals surface area contributed by atoms with E-state index in [-0.39, 0.29) is 5.91 Å². The van der Waals surface area contributed by atoms with Crippen molar-refractivity contribution in [2.24, 2.45) is 0 Å². The molecule has 0 radical (unpaired) electrons. The summed E-state index contributed by atoms with van der Waals surface area (Å²) in [5.74, 6) is 1.62. The number of hydrogen-bond donors (Lipinski definition) is 1. The highest BCUT2D eigenvalue weighted by Gasteiger charge is 2.27. The van der Waals surface area contributed by atoms with Gasteiger partial charge in [0.2, 0.25) is 0 Å². The molecule has 0 bridgehead atoms. The van der Waals surface area contributed by atoms with Crippen molar-refractivity contribution in [3.8, 4) is 0 Å². The maximum atomic E-state index is 12.9. The van der Waals surface area contributed by atoms with Gasteiger partial charge in [0.05, 0.1) is 29.4 Å². The molecule has 1 aliphatic heterocycles. The number of aryl methyl sites for hydroxylation is 2. The number of nitrogens with zero attached hydrogens (tertiary/aromatic N) is 3. The van der Waals surface area contributed by atoms with Gasteiger partial charge in [-0.3, -0.25) is 4.79 Å². The van der Waals surface area contributed by atoms with Crippen molar-refractivity contribution in [1.82, 2.24) is 14.9 Å². The summed E-state index contributed by atoms with van der Waals surface area (Å²) in [4.78, 5) is 19.8. The Morgan fingerprint density at radius 1 is 1.16 bits per heavy atom. The summed E-state index contributed by atoms with van der Waals surface area (Å²) >= 11 is 0. The third-order valence-corrected chi connectivity index (χ3v) is 6.34. The summed E-state index contributed by atoms with van der Waals surface area (Å²) in [7, 11) is 0.